The predicted molar refractivity (Wildman–Crippen MR) is 161 cm³/mol. The number of benzene rings is 2. The van der Waals surface area contributed by atoms with E-state index in [1.807, 2.05) is 42.3 Å². The van der Waals surface area contributed by atoms with E-state index in [9.17, 15) is 19.5 Å². The zero-order chi connectivity index (χ0) is 31.4. The molecule has 1 aliphatic heterocycles. The van der Waals surface area contributed by atoms with Crippen LogP contribution < -0.4 is 5.32 Å². The number of allylic oxidation sites excluding steroid dienone is 3. The number of para-hydroxylation sites is 1. The normalized spacial score (nSPS) is 15.5. The van der Waals surface area contributed by atoms with Crippen molar-refractivity contribution in [3.05, 3.63) is 98.1 Å². The van der Waals surface area contributed by atoms with E-state index >= 15 is 0 Å². The van der Waals surface area contributed by atoms with Crippen LogP contribution in [0.5, 0.6) is 0 Å². The molecule has 0 saturated heterocycles. The van der Waals surface area contributed by atoms with Crippen molar-refractivity contribution in [3.8, 4) is 0 Å². The quantitative estimate of drug-likeness (QED) is 0.0845. The number of methoxy groups -OCH3 is 2. The minimum atomic E-state index is -4.18. The number of esters is 1. The Morgan fingerprint density at radius 2 is 1.53 bits per heavy atom. The van der Waals surface area contributed by atoms with Gasteiger partial charge in [-0.05, 0) is 26.5 Å². The molecule has 3 rings (SSSR count). The Kier molecular flexibility index (Phi) is 13.1. The Morgan fingerprint density at radius 1 is 0.930 bits per heavy atom. The van der Waals surface area contributed by atoms with E-state index < -0.39 is 24.4 Å². The molecular formula is C30H40N3O9P. The lowest BCUT2D eigenvalue weighted by atomic mass is 9.85. The number of rotatable bonds is 17. The van der Waals surface area contributed by atoms with Gasteiger partial charge in [0.1, 0.15) is 6.61 Å². The monoisotopic (exact) mass is 617 g/mol. The molecule has 0 fully saturated rings. The molecule has 0 aliphatic carbocycles. The van der Waals surface area contributed by atoms with Gasteiger partial charge in [0.05, 0.1) is 48.2 Å². The molecule has 1 N–H and O–H groups in total. The molecule has 13 heteroatoms. The first-order valence-electron chi connectivity index (χ1n) is 13.8. The molecule has 0 aromatic heterocycles. The van der Waals surface area contributed by atoms with Crippen LogP contribution in [-0.4, -0.2) is 76.6 Å². The number of likely N-dealkylation sites (N-methyl/N-ethyl adjacent to an activating group) is 1. The van der Waals surface area contributed by atoms with Crippen LogP contribution in [0.3, 0.4) is 0 Å². The summed E-state index contributed by atoms with van der Waals surface area (Å²) in [5, 5.41) is 15.3. The second-order valence-electron chi connectivity index (χ2n) is 9.93. The number of nitro groups is 1. The number of nitro benzene ring substituents is 1. The van der Waals surface area contributed by atoms with Crippen molar-refractivity contribution in [1.29, 1.82) is 0 Å². The molecule has 1 unspecified atom stereocenters. The van der Waals surface area contributed by atoms with E-state index in [-0.39, 0.29) is 55.2 Å². The topological polar surface area (TPSA) is 139 Å². The van der Waals surface area contributed by atoms with Crippen LogP contribution >= 0.6 is 7.60 Å². The van der Waals surface area contributed by atoms with E-state index in [1.165, 1.54) is 32.4 Å². The lowest BCUT2D eigenvalue weighted by Gasteiger charge is -2.34. The zero-order valence-corrected chi connectivity index (χ0v) is 26.1. The molecule has 0 spiro atoms. The standard InChI is InChI=1S/C30H40N3O9P/c1-22-27(30(34)40-16-15-32(3)21-24-11-7-6-8-12-24)28(25-13-9-10-14-26(25)33(35)36)29(23(2)31-22)43(37,41-19-17-38-4)42-20-18-39-5/h6-14,28,31H,15-21H2,1-5H3. The molecule has 43 heavy (non-hydrogen) atoms. The van der Waals surface area contributed by atoms with Crippen molar-refractivity contribution < 1.29 is 37.5 Å². The summed E-state index contributed by atoms with van der Waals surface area (Å²) in [6.45, 7) is 4.56. The summed E-state index contributed by atoms with van der Waals surface area (Å²) < 4.78 is 42.1. The lowest BCUT2D eigenvalue weighted by molar-refractivity contribution is -0.385. The molecule has 1 aliphatic rings. The first kappa shape index (κ1) is 34.1. The number of ether oxygens (including phenoxy) is 3. The van der Waals surface area contributed by atoms with Crippen LogP contribution in [0.4, 0.5) is 5.69 Å². The summed E-state index contributed by atoms with van der Waals surface area (Å²) in [6.07, 6.45) is 0. The molecule has 0 bridgehead atoms. The Labute approximate surface area is 252 Å². The first-order chi connectivity index (χ1) is 20.6. The number of nitrogens with zero attached hydrogens (tertiary/aromatic N) is 2. The second kappa shape index (κ2) is 16.5. The van der Waals surface area contributed by atoms with Crippen molar-refractivity contribution in [3.63, 3.8) is 0 Å². The molecule has 0 saturated carbocycles. The van der Waals surface area contributed by atoms with E-state index in [4.69, 9.17) is 23.3 Å². The van der Waals surface area contributed by atoms with Crippen LogP contribution in [0.2, 0.25) is 0 Å². The lowest BCUT2D eigenvalue weighted by Crippen LogP contribution is -2.31. The largest absolute Gasteiger partial charge is 0.461 e. The van der Waals surface area contributed by atoms with Gasteiger partial charge in [0.2, 0.25) is 0 Å². The number of dihydropyridines is 1. The summed E-state index contributed by atoms with van der Waals surface area (Å²) in [7, 11) is 0.679. The molecule has 2 aromatic carbocycles. The van der Waals surface area contributed by atoms with Crippen molar-refractivity contribution >= 4 is 19.3 Å². The van der Waals surface area contributed by atoms with Gasteiger partial charge in [0.25, 0.3) is 5.69 Å². The maximum Gasteiger partial charge on any atom is 0.360 e. The second-order valence-corrected chi connectivity index (χ2v) is 11.9. The Hall–Kier alpha value is -3.38. The van der Waals surface area contributed by atoms with Crippen LogP contribution in [0, 0.1) is 10.1 Å². The van der Waals surface area contributed by atoms with Crippen LogP contribution in [0.25, 0.3) is 0 Å². The average molecular weight is 618 g/mol. The maximum atomic E-state index is 14.5. The van der Waals surface area contributed by atoms with Crippen LogP contribution in [0.1, 0.15) is 30.9 Å². The van der Waals surface area contributed by atoms with Gasteiger partial charge in [-0.3, -0.25) is 19.6 Å². The Balaban J connectivity index is 2.00. The fourth-order valence-corrected chi connectivity index (χ4v) is 6.86. The molecule has 0 amide bonds. The fourth-order valence-electron chi connectivity index (χ4n) is 4.82. The van der Waals surface area contributed by atoms with E-state index in [1.54, 1.807) is 19.9 Å². The third-order valence-electron chi connectivity index (χ3n) is 6.78. The number of nitrogens with one attached hydrogen (secondary N) is 1. The van der Waals surface area contributed by atoms with Gasteiger partial charge in [-0.15, -0.1) is 0 Å². The van der Waals surface area contributed by atoms with Gasteiger partial charge in [-0.2, -0.15) is 0 Å². The highest BCUT2D eigenvalue weighted by atomic mass is 31.2. The van der Waals surface area contributed by atoms with Gasteiger partial charge in [0.15, 0.2) is 0 Å². The van der Waals surface area contributed by atoms with Crippen molar-refractivity contribution in [2.24, 2.45) is 0 Å². The van der Waals surface area contributed by atoms with E-state index in [0.29, 0.717) is 24.5 Å². The van der Waals surface area contributed by atoms with Gasteiger partial charge in [-0.1, -0.05) is 48.5 Å². The molecule has 2 aromatic rings. The fraction of sp³-hybridized carbons (Fsp3) is 0.433. The highest BCUT2D eigenvalue weighted by Crippen LogP contribution is 2.64. The third kappa shape index (κ3) is 9.06. The van der Waals surface area contributed by atoms with E-state index in [0.717, 1.165) is 5.56 Å². The van der Waals surface area contributed by atoms with Crippen LogP contribution in [0.15, 0.2) is 76.9 Å². The summed E-state index contributed by atoms with van der Waals surface area (Å²) in [4.78, 5) is 27.4. The van der Waals surface area contributed by atoms with Crippen LogP contribution in [-0.2, 0) is 39.2 Å². The van der Waals surface area contributed by atoms with Gasteiger partial charge < -0.3 is 28.6 Å². The smallest absolute Gasteiger partial charge is 0.360 e. The number of carbonyl (C=O) groups excluding carboxylic acids is 1. The number of hydrogen-bond acceptors (Lipinski definition) is 11. The minimum absolute atomic E-state index is 0.0624. The summed E-state index contributed by atoms with van der Waals surface area (Å²) in [5.74, 6) is -1.86. The molecule has 1 atom stereocenters. The highest BCUT2D eigenvalue weighted by molar-refractivity contribution is 7.58. The minimum Gasteiger partial charge on any atom is -0.461 e. The highest BCUT2D eigenvalue weighted by Gasteiger charge is 2.46. The van der Waals surface area contributed by atoms with Crippen molar-refractivity contribution in [1.82, 2.24) is 10.2 Å². The number of carbonyl (C=O) groups is 1. The third-order valence-corrected chi connectivity index (χ3v) is 9.01. The van der Waals surface area contributed by atoms with Crippen molar-refractivity contribution in [2.75, 3.05) is 60.8 Å². The van der Waals surface area contributed by atoms with Gasteiger partial charge >= 0.3 is 13.6 Å². The summed E-state index contributed by atoms with van der Waals surface area (Å²) >= 11 is 0. The van der Waals surface area contributed by atoms with Gasteiger partial charge in [0, 0.05) is 50.3 Å². The molecule has 234 valence electrons. The maximum absolute atomic E-state index is 14.5. The molecule has 0 radical (unpaired) electrons. The average Bonchev–Trinajstić information content (AvgIpc) is 2.97. The summed E-state index contributed by atoms with van der Waals surface area (Å²) in [5.41, 5.74) is 1.89. The molecule has 12 nitrogen and oxygen atoms in total. The molecule has 1 heterocycles. The van der Waals surface area contributed by atoms with E-state index in [2.05, 4.69) is 5.32 Å². The van der Waals surface area contributed by atoms with Crippen molar-refractivity contribution in [2.45, 2.75) is 26.3 Å². The SMILES string of the molecule is COCCOP(=O)(OCCOC)C1=C(C)NC(C)=C(C(=O)OCCN(C)Cc2ccccc2)C1c1ccccc1[N+](=O)[O-]. The Morgan fingerprint density at radius 3 is 2.14 bits per heavy atom. The number of hydrogen-bond donors (Lipinski definition) is 1. The summed E-state index contributed by atoms with van der Waals surface area (Å²) in [6, 6.07) is 15.9. The molecular weight excluding hydrogens is 577 g/mol. The zero-order valence-electron chi connectivity index (χ0n) is 25.2. The predicted octanol–water partition coefficient (Wildman–Crippen LogP) is 4.98. The first-order valence-corrected chi connectivity index (χ1v) is 15.4. The van der Waals surface area contributed by atoms with Gasteiger partial charge in [-0.25, -0.2) is 4.79 Å². The Bertz CT molecular complexity index is 1350.